The Kier molecular flexibility index (Phi) is 4.49. The van der Waals surface area contributed by atoms with E-state index in [1.807, 2.05) is 14.1 Å². The van der Waals surface area contributed by atoms with Gasteiger partial charge in [-0.1, -0.05) is 23.7 Å². The maximum Gasteiger partial charge on any atom is 0.0992 e. The number of anilines is 2. The normalized spacial score (nSPS) is 9.90. The van der Waals surface area contributed by atoms with Crippen molar-refractivity contribution in [2.45, 2.75) is 6.54 Å². The van der Waals surface area contributed by atoms with Gasteiger partial charge >= 0.3 is 0 Å². The van der Waals surface area contributed by atoms with Gasteiger partial charge in [-0.25, -0.2) is 0 Å². The Labute approximate surface area is 124 Å². The van der Waals surface area contributed by atoms with Crippen molar-refractivity contribution in [3.63, 3.8) is 0 Å². The lowest BCUT2D eigenvalue weighted by Crippen LogP contribution is -2.08. The van der Waals surface area contributed by atoms with Crippen LogP contribution in [-0.4, -0.2) is 14.1 Å². The lowest BCUT2D eigenvalue weighted by atomic mass is 10.2. The van der Waals surface area contributed by atoms with E-state index in [1.165, 1.54) is 5.69 Å². The third kappa shape index (κ3) is 3.43. The zero-order chi connectivity index (χ0) is 14.5. The first-order valence-corrected chi connectivity index (χ1v) is 6.68. The van der Waals surface area contributed by atoms with E-state index in [9.17, 15) is 0 Å². The predicted molar refractivity (Wildman–Crippen MR) is 84.3 cm³/mol. The van der Waals surface area contributed by atoms with Crippen molar-refractivity contribution in [3.8, 4) is 6.07 Å². The minimum absolute atomic E-state index is 0.597. The van der Waals surface area contributed by atoms with Gasteiger partial charge in [0.2, 0.25) is 0 Å². The summed E-state index contributed by atoms with van der Waals surface area (Å²) in [6, 6.07) is 15.6. The molecule has 1 N–H and O–H groups in total. The van der Waals surface area contributed by atoms with Gasteiger partial charge in [0.05, 0.1) is 22.3 Å². The summed E-state index contributed by atoms with van der Waals surface area (Å²) < 4.78 is 0. The third-order valence-electron chi connectivity index (χ3n) is 3.03. The summed E-state index contributed by atoms with van der Waals surface area (Å²) in [4.78, 5) is 2.06. The van der Waals surface area contributed by atoms with E-state index in [4.69, 9.17) is 16.9 Å². The largest absolute Gasteiger partial charge is 0.380 e. The molecule has 0 spiro atoms. The fourth-order valence-corrected chi connectivity index (χ4v) is 2.02. The highest BCUT2D eigenvalue weighted by Crippen LogP contribution is 2.23. The summed E-state index contributed by atoms with van der Waals surface area (Å²) in [5.74, 6) is 0. The monoisotopic (exact) mass is 285 g/mol. The number of nitrogens with zero attached hydrogens (tertiary/aromatic N) is 2. The molecule has 0 aliphatic carbocycles. The summed E-state index contributed by atoms with van der Waals surface area (Å²) in [5.41, 5.74) is 3.70. The molecule has 0 unspecified atom stereocenters. The molecule has 2 aromatic rings. The quantitative estimate of drug-likeness (QED) is 0.926. The molecule has 0 aromatic heterocycles. The molecule has 0 fully saturated rings. The third-order valence-corrected chi connectivity index (χ3v) is 3.36. The highest BCUT2D eigenvalue weighted by molar-refractivity contribution is 6.33. The first kappa shape index (κ1) is 14.2. The summed E-state index contributed by atoms with van der Waals surface area (Å²) in [7, 11) is 4.03. The van der Waals surface area contributed by atoms with Crippen molar-refractivity contribution in [2.75, 3.05) is 24.3 Å². The van der Waals surface area contributed by atoms with Crippen LogP contribution in [0.15, 0.2) is 42.5 Å². The SMILES string of the molecule is CN(C)c1ccc(CNc2cc(C#N)ccc2Cl)cc1. The van der Waals surface area contributed by atoms with Crippen LogP contribution in [0.25, 0.3) is 0 Å². The standard InChI is InChI=1S/C16H16ClN3/c1-20(2)14-6-3-12(4-7-14)11-19-16-9-13(10-18)5-8-15(16)17/h3-9,19H,11H2,1-2H3. The molecule has 0 saturated heterocycles. The molecule has 2 aromatic carbocycles. The number of hydrogen-bond acceptors (Lipinski definition) is 3. The van der Waals surface area contributed by atoms with Crippen molar-refractivity contribution in [1.82, 2.24) is 0 Å². The molecule has 0 aliphatic heterocycles. The molecular weight excluding hydrogens is 270 g/mol. The predicted octanol–water partition coefficient (Wildman–Crippen LogP) is 3.89. The van der Waals surface area contributed by atoms with E-state index in [-0.39, 0.29) is 0 Å². The Morgan fingerprint density at radius 2 is 1.85 bits per heavy atom. The average Bonchev–Trinajstić information content (AvgIpc) is 2.47. The van der Waals surface area contributed by atoms with Gasteiger partial charge in [-0.15, -0.1) is 0 Å². The Bertz CT molecular complexity index is 627. The molecule has 2 rings (SSSR count). The summed E-state index contributed by atoms with van der Waals surface area (Å²) in [6.45, 7) is 0.669. The average molecular weight is 286 g/mol. The number of benzene rings is 2. The molecule has 4 heteroatoms. The van der Waals surface area contributed by atoms with E-state index in [0.717, 1.165) is 11.3 Å². The van der Waals surface area contributed by atoms with Gasteiger partial charge in [-0.2, -0.15) is 5.26 Å². The molecule has 0 amide bonds. The molecule has 0 radical (unpaired) electrons. The molecule has 102 valence electrons. The molecule has 20 heavy (non-hydrogen) atoms. The first-order chi connectivity index (χ1) is 9.60. The van der Waals surface area contributed by atoms with E-state index in [0.29, 0.717) is 17.1 Å². The minimum atomic E-state index is 0.597. The van der Waals surface area contributed by atoms with E-state index in [1.54, 1.807) is 18.2 Å². The maximum atomic E-state index is 8.90. The lowest BCUT2D eigenvalue weighted by Gasteiger charge is -2.13. The number of rotatable bonds is 4. The van der Waals surface area contributed by atoms with Crippen LogP contribution >= 0.6 is 11.6 Å². The van der Waals surface area contributed by atoms with Crippen LogP contribution in [0.4, 0.5) is 11.4 Å². The van der Waals surface area contributed by atoms with Crippen LogP contribution in [0.3, 0.4) is 0 Å². The lowest BCUT2D eigenvalue weighted by molar-refractivity contribution is 1.11. The second-order valence-corrected chi connectivity index (χ2v) is 5.13. The fraction of sp³-hybridized carbons (Fsp3) is 0.188. The van der Waals surface area contributed by atoms with Gasteiger partial charge in [0.1, 0.15) is 0 Å². The van der Waals surface area contributed by atoms with Crippen LogP contribution in [-0.2, 0) is 6.54 Å². The van der Waals surface area contributed by atoms with E-state index in [2.05, 4.69) is 40.6 Å². The zero-order valence-electron chi connectivity index (χ0n) is 11.5. The summed E-state index contributed by atoms with van der Waals surface area (Å²) in [5, 5.41) is 12.8. The minimum Gasteiger partial charge on any atom is -0.380 e. The van der Waals surface area contributed by atoms with Crippen molar-refractivity contribution in [3.05, 3.63) is 58.6 Å². The number of halogens is 1. The van der Waals surface area contributed by atoms with Crippen LogP contribution in [0.1, 0.15) is 11.1 Å². The van der Waals surface area contributed by atoms with Crippen molar-refractivity contribution in [1.29, 1.82) is 5.26 Å². The first-order valence-electron chi connectivity index (χ1n) is 6.30. The molecule has 0 bridgehead atoms. The number of nitriles is 1. The highest BCUT2D eigenvalue weighted by Gasteiger charge is 2.02. The maximum absolute atomic E-state index is 8.90. The number of hydrogen-bond donors (Lipinski definition) is 1. The highest BCUT2D eigenvalue weighted by atomic mass is 35.5. The second-order valence-electron chi connectivity index (χ2n) is 4.72. The Hall–Kier alpha value is -2.18. The van der Waals surface area contributed by atoms with Gasteiger partial charge < -0.3 is 10.2 Å². The van der Waals surface area contributed by atoms with Crippen molar-refractivity contribution < 1.29 is 0 Å². The Balaban J connectivity index is 2.07. The summed E-state index contributed by atoms with van der Waals surface area (Å²) in [6.07, 6.45) is 0. The van der Waals surface area contributed by atoms with Gasteiger partial charge in [0.25, 0.3) is 0 Å². The van der Waals surface area contributed by atoms with Crippen LogP contribution in [0.5, 0.6) is 0 Å². The smallest absolute Gasteiger partial charge is 0.0992 e. The van der Waals surface area contributed by atoms with E-state index >= 15 is 0 Å². The molecule has 0 heterocycles. The van der Waals surface area contributed by atoms with Gasteiger partial charge in [-0.05, 0) is 35.9 Å². The van der Waals surface area contributed by atoms with Crippen molar-refractivity contribution in [2.24, 2.45) is 0 Å². The molecule has 0 aliphatic rings. The molecule has 3 nitrogen and oxygen atoms in total. The van der Waals surface area contributed by atoms with Crippen molar-refractivity contribution >= 4 is 23.0 Å². The Morgan fingerprint density at radius 3 is 2.45 bits per heavy atom. The fourth-order valence-electron chi connectivity index (χ4n) is 1.84. The number of nitrogens with one attached hydrogen (secondary N) is 1. The van der Waals surface area contributed by atoms with Crippen LogP contribution in [0, 0.1) is 11.3 Å². The molecule has 0 saturated carbocycles. The van der Waals surface area contributed by atoms with Crippen LogP contribution < -0.4 is 10.2 Å². The van der Waals surface area contributed by atoms with Gasteiger partial charge in [0, 0.05) is 26.3 Å². The second kappa shape index (κ2) is 6.31. The topological polar surface area (TPSA) is 39.1 Å². The molecular formula is C16H16ClN3. The van der Waals surface area contributed by atoms with Gasteiger partial charge in [0.15, 0.2) is 0 Å². The summed E-state index contributed by atoms with van der Waals surface area (Å²) >= 11 is 6.11. The van der Waals surface area contributed by atoms with Gasteiger partial charge in [-0.3, -0.25) is 0 Å². The molecule has 0 atom stereocenters. The van der Waals surface area contributed by atoms with E-state index < -0.39 is 0 Å². The van der Waals surface area contributed by atoms with Crippen LogP contribution in [0.2, 0.25) is 5.02 Å². The Morgan fingerprint density at radius 1 is 1.15 bits per heavy atom. The zero-order valence-corrected chi connectivity index (χ0v) is 12.3.